The first-order chi connectivity index (χ1) is 16.1. The van der Waals surface area contributed by atoms with Crippen LogP contribution in [0.25, 0.3) is 0 Å². The first kappa shape index (κ1) is 22.4. The maximum atomic E-state index is 13.3. The Hall–Kier alpha value is -2.44. The minimum atomic E-state index is 0.00187. The third kappa shape index (κ3) is 5.56. The summed E-state index contributed by atoms with van der Waals surface area (Å²) in [5, 5.41) is 4.13. The molecule has 7 heteroatoms. The molecule has 5 rings (SSSR count). The number of carbonyl (C=O) groups excluding carboxylic acids is 1. The van der Waals surface area contributed by atoms with Crippen LogP contribution in [0.5, 0.6) is 11.5 Å². The van der Waals surface area contributed by atoms with Crippen molar-refractivity contribution in [2.75, 3.05) is 50.8 Å². The van der Waals surface area contributed by atoms with Crippen LogP contribution >= 0.6 is 11.6 Å². The lowest BCUT2D eigenvalue weighted by molar-refractivity contribution is -0.125. The summed E-state index contributed by atoms with van der Waals surface area (Å²) in [6.45, 7) is 5.91. The van der Waals surface area contributed by atoms with Gasteiger partial charge in [-0.2, -0.15) is 0 Å². The molecule has 1 unspecified atom stereocenters. The highest BCUT2D eigenvalue weighted by atomic mass is 35.5. The Labute approximate surface area is 200 Å². The Morgan fingerprint density at radius 2 is 1.79 bits per heavy atom. The Bertz CT molecular complexity index is 962. The van der Waals surface area contributed by atoms with Crippen molar-refractivity contribution in [3.05, 3.63) is 53.1 Å². The average Bonchev–Trinajstić information content (AvgIpc) is 3.52. The lowest BCUT2D eigenvalue weighted by atomic mass is 10.0. The molecule has 0 aliphatic carbocycles. The van der Waals surface area contributed by atoms with Gasteiger partial charge in [-0.1, -0.05) is 17.7 Å². The van der Waals surface area contributed by atoms with E-state index in [1.54, 1.807) is 0 Å². The summed E-state index contributed by atoms with van der Waals surface area (Å²) in [6.07, 6.45) is 4.13. The molecular weight excluding hydrogens is 438 g/mol. The van der Waals surface area contributed by atoms with Crippen molar-refractivity contribution in [1.29, 1.82) is 0 Å². The molecule has 176 valence electrons. The highest BCUT2D eigenvalue weighted by molar-refractivity contribution is 6.30. The fourth-order valence-corrected chi connectivity index (χ4v) is 5.24. The number of ether oxygens (including phenoxy) is 2. The quantitative estimate of drug-likeness (QED) is 0.669. The number of nitrogens with zero attached hydrogens (tertiary/aromatic N) is 2. The van der Waals surface area contributed by atoms with Gasteiger partial charge in [0.15, 0.2) is 11.5 Å². The monoisotopic (exact) mass is 469 g/mol. The number of anilines is 1. The third-order valence-corrected chi connectivity index (χ3v) is 7.12. The van der Waals surface area contributed by atoms with Crippen LogP contribution in [-0.2, 0) is 11.2 Å². The summed E-state index contributed by atoms with van der Waals surface area (Å²) in [7, 11) is 0. The first-order valence-electron chi connectivity index (χ1n) is 12.1. The van der Waals surface area contributed by atoms with E-state index in [4.69, 9.17) is 21.1 Å². The molecule has 3 aliphatic heterocycles. The Morgan fingerprint density at radius 3 is 2.58 bits per heavy atom. The molecule has 0 saturated carbocycles. The molecule has 0 radical (unpaired) electrons. The number of benzene rings is 2. The van der Waals surface area contributed by atoms with E-state index >= 15 is 0 Å². The normalized spacial score (nSPS) is 21.2. The molecule has 0 bridgehead atoms. The smallest absolute Gasteiger partial charge is 0.225 e. The van der Waals surface area contributed by atoms with Crippen LogP contribution < -0.4 is 19.7 Å². The Balaban J connectivity index is 1.24. The molecule has 0 spiro atoms. The molecular formula is C26H32ClN3O3. The number of rotatable bonds is 7. The van der Waals surface area contributed by atoms with Crippen LogP contribution in [0, 0.1) is 5.92 Å². The van der Waals surface area contributed by atoms with E-state index < -0.39 is 0 Å². The van der Waals surface area contributed by atoms with Crippen LogP contribution in [0.15, 0.2) is 42.5 Å². The molecule has 3 heterocycles. The van der Waals surface area contributed by atoms with Crippen molar-refractivity contribution in [2.45, 2.75) is 31.7 Å². The summed E-state index contributed by atoms with van der Waals surface area (Å²) in [6, 6.07) is 14.1. The third-order valence-electron chi connectivity index (χ3n) is 6.86. The first-order valence-corrected chi connectivity index (χ1v) is 12.4. The van der Waals surface area contributed by atoms with Crippen LogP contribution in [-0.4, -0.2) is 62.8 Å². The summed E-state index contributed by atoms with van der Waals surface area (Å²) in [4.78, 5) is 18.0. The van der Waals surface area contributed by atoms with Crippen molar-refractivity contribution in [2.24, 2.45) is 5.92 Å². The molecule has 2 saturated heterocycles. The second-order valence-corrected chi connectivity index (χ2v) is 9.74. The van der Waals surface area contributed by atoms with E-state index in [2.05, 4.69) is 27.2 Å². The van der Waals surface area contributed by atoms with Gasteiger partial charge >= 0.3 is 0 Å². The van der Waals surface area contributed by atoms with Gasteiger partial charge in [0.2, 0.25) is 5.91 Å². The number of fused-ring (bicyclic) bond motifs is 1. The van der Waals surface area contributed by atoms with Gasteiger partial charge in [-0.3, -0.25) is 4.79 Å². The van der Waals surface area contributed by atoms with Gasteiger partial charge in [0.1, 0.15) is 13.2 Å². The number of amides is 1. The molecule has 33 heavy (non-hydrogen) atoms. The molecule has 2 fully saturated rings. The zero-order valence-corrected chi connectivity index (χ0v) is 19.7. The van der Waals surface area contributed by atoms with E-state index in [0.29, 0.717) is 13.2 Å². The maximum absolute atomic E-state index is 13.3. The van der Waals surface area contributed by atoms with E-state index in [0.717, 1.165) is 73.3 Å². The van der Waals surface area contributed by atoms with Gasteiger partial charge < -0.3 is 24.6 Å². The number of carbonyl (C=O) groups is 1. The topological polar surface area (TPSA) is 54.0 Å². The second kappa shape index (κ2) is 10.2. The fraction of sp³-hybridized carbons (Fsp3) is 0.500. The van der Waals surface area contributed by atoms with E-state index in [1.807, 2.05) is 30.3 Å². The van der Waals surface area contributed by atoms with Crippen LogP contribution in [0.1, 0.15) is 24.8 Å². The average molecular weight is 470 g/mol. The van der Waals surface area contributed by atoms with Crippen molar-refractivity contribution in [3.8, 4) is 11.5 Å². The van der Waals surface area contributed by atoms with E-state index in [-0.39, 0.29) is 17.9 Å². The van der Waals surface area contributed by atoms with Crippen LogP contribution in [0.2, 0.25) is 5.02 Å². The second-order valence-electron chi connectivity index (χ2n) is 9.30. The number of nitrogens with one attached hydrogen (secondary N) is 1. The number of halogens is 1. The van der Waals surface area contributed by atoms with Gasteiger partial charge in [0.25, 0.3) is 0 Å². The van der Waals surface area contributed by atoms with Crippen molar-refractivity contribution in [3.63, 3.8) is 0 Å². The molecule has 6 nitrogen and oxygen atoms in total. The van der Waals surface area contributed by atoms with Gasteiger partial charge in [-0.25, -0.2) is 0 Å². The van der Waals surface area contributed by atoms with Crippen molar-refractivity contribution >= 4 is 23.2 Å². The molecule has 1 amide bonds. The fourth-order valence-electron chi connectivity index (χ4n) is 5.12. The molecule has 2 aromatic carbocycles. The number of hydrogen-bond donors (Lipinski definition) is 1. The minimum Gasteiger partial charge on any atom is -0.486 e. The Kier molecular flexibility index (Phi) is 6.93. The summed E-state index contributed by atoms with van der Waals surface area (Å²) in [5.41, 5.74) is 2.29. The molecule has 2 aromatic rings. The van der Waals surface area contributed by atoms with Crippen molar-refractivity contribution < 1.29 is 14.3 Å². The summed E-state index contributed by atoms with van der Waals surface area (Å²) in [5.74, 6) is 1.77. The lowest BCUT2D eigenvalue weighted by Crippen LogP contribution is -2.46. The molecule has 2 atom stereocenters. The van der Waals surface area contributed by atoms with Crippen molar-refractivity contribution in [1.82, 2.24) is 10.2 Å². The zero-order valence-electron chi connectivity index (χ0n) is 19.0. The van der Waals surface area contributed by atoms with E-state index in [9.17, 15) is 4.79 Å². The maximum Gasteiger partial charge on any atom is 0.225 e. The predicted octanol–water partition coefficient (Wildman–Crippen LogP) is 3.76. The molecule has 0 aromatic heterocycles. The van der Waals surface area contributed by atoms with Crippen LogP contribution in [0.4, 0.5) is 5.69 Å². The minimum absolute atomic E-state index is 0.00187. The molecule has 3 aliphatic rings. The predicted molar refractivity (Wildman–Crippen MR) is 131 cm³/mol. The molecule has 1 N–H and O–H groups in total. The summed E-state index contributed by atoms with van der Waals surface area (Å²) >= 11 is 6.03. The number of likely N-dealkylation sites (tertiary alicyclic amines) is 1. The lowest BCUT2D eigenvalue weighted by Gasteiger charge is -2.27. The van der Waals surface area contributed by atoms with Gasteiger partial charge in [0, 0.05) is 36.4 Å². The highest BCUT2D eigenvalue weighted by Crippen LogP contribution is 2.31. The highest BCUT2D eigenvalue weighted by Gasteiger charge is 2.30. The largest absolute Gasteiger partial charge is 0.486 e. The zero-order chi connectivity index (χ0) is 22.6. The van der Waals surface area contributed by atoms with Gasteiger partial charge in [0.05, 0.1) is 5.92 Å². The Morgan fingerprint density at radius 1 is 1.03 bits per heavy atom. The van der Waals surface area contributed by atoms with Gasteiger partial charge in [-0.15, -0.1) is 0 Å². The number of hydrogen-bond acceptors (Lipinski definition) is 5. The summed E-state index contributed by atoms with van der Waals surface area (Å²) < 4.78 is 11.4. The van der Waals surface area contributed by atoms with E-state index in [1.165, 1.54) is 12.8 Å². The van der Waals surface area contributed by atoms with Crippen LogP contribution in [0.3, 0.4) is 0 Å². The van der Waals surface area contributed by atoms with Gasteiger partial charge in [-0.05, 0) is 80.7 Å². The standard InChI is InChI=1S/C26H32ClN3O3/c27-21-4-6-23(7-5-21)30-12-9-20(17-30)26(31)28-22(18-29-10-1-2-11-29)15-19-3-8-24-25(16-19)33-14-13-32-24/h3-8,16,20,22H,1-2,9-15,17-18H2,(H,28,31)/t20?,22-/m0/s1. The SMILES string of the molecule is O=C(N[C@@H](Cc1ccc2c(c1)OCCO2)CN1CCCC1)C1CCN(c2ccc(Cl)cc2)C1.